The first-order valence-electron chi connectivity index (χ1n) is 9.28. The van der Waals surface area contributed by atoms with Crippen LogP contribution in [0.15, 0.2) is 48.5 Å². The maximum atomic E-state index is 9.29. The van der Waals surface area contributed by atoms with Crippen LogP contribution in [0.25, 0.3) is 11.4 Å². The van der Waals surface area contributed by atoms with E-state index < -0.39 is 0 Å². The van der Waals surface area contributed by atoms with E-state index in [0.717, 1.165) is 54.9 Å². The van der Waals surface area contributed by atoms with Crippen LogP contribution in [0.1, 0.15) is 11.1 Å². The van der Waals surface area contributed by atoms with Crippen LogP contribution in [0, 0.1) is 11.3 Å². The van der Waals surface area contributed by atoms with Gasteiger partial charge in [-0.15, -0.1) is 0 Å². The Bertz CT molecular complexity index is 971. The van der Waals surface area contributed by atoms with Crippen molar-refractivity contribution in [2.45, 2.75) is 6.42 Å². The fourth-order valence-corrected chi connectivity index (χ4v) is 4.19. The van der Waals surface area contributed by atoms with Crippen LogP contribution in [0.5, 0.6) is 0 Å². The molecule has 1 fully saturated rings. The molecule has 1 aromatic heterocycles. The van der Waals surface area contributed by atoms with E-state index in [1.165, 1.54) is 17.1 Å². The Balaban J connectivity index is 1.33. The molecule has 5 nitrogen and oxygen atoms in total. The van der Waals surface area contributed by atoms with E-state index in [9.17, 15) is 5.26 Å². The summed E-state index contributed by atoms with van der Waals surface area (Å²) < 4.78 is 4.49. The molecule has 0 bridgehead atoms. The average Bonchev–Trinajstić information content (AvgIpc) is 3.24. The summed E-state index contributed by atoms with van der Waals surface area (Å²) in [5.41, 5.74) is 2.73. The molecular weight excluding hydrogens is 390 g/mol. The van der Waals surface area contributed by atoms with Crippen molar-refractivity contribution < 1.29 is 0 Å². The Labute approximate surface area is 174 Å². The van der Waals surface area contributed by atoms with Crippen molar-refractivity contribution in [2.24, 2.45) is 0 Å². The predicted octanol–water partition coefficient (Wildman–Crippen LogP) is 4.09. The van der Waals surface area contributed by atoms with Gasteiger partial charge in [-0.05, 0) is 36.2 Å². The van der Waals surface area contributed by atoms with Crippen LogP contribution in [0.2, 0.25) is 5.02 Å². The molecule has 2 heterocycles. The van der Waals surface area contributed by atoms with Gasteiger partial charge >= 0.3 is 0 Å². The zero-order valence-electron chi connectivity index (χ0n) is 15.4. The number of hydrogen-bond donors (Lipinski definition) is 0. The number of halogens is 1. The van der Waals surface area contributed by atoms with Crippen molar-refractivity contribution in [2.75, 3.05) is 37.6 Å². The third-order valence-electron chi connectivity index (χ3n) is 4.98. The van der Waals surface area contributed by atoms with E-state index in [1.807, 2.05) is 30.3 Å². The third-order valence-corrected chi connectivity index (χ3v) is 6.01. The fourth-order valence-electron chi connectivity index (χ4n) is 3.33. The van der Waals surface area contributed by atoms with Crippen LogP contribution >= 0.6 is 23.1 Å². The molecule has 0 radical (unpaired) electrons. The molecule has 1 saturated heterocycles. The highest BCUT2D eigenvalue weighted by Crippen LogP contribution is 2.26. The highest BCUT2D eigenvalue weighted by atomic mass is 35.5. The zero-order valence-corrected chi connectivity index (χ0v) is 17.0. The van der Waals surface area contributed by atoms with E-state index in [-0.39, 0.29) is 0 Å². The first-order chi connectivity index (χ1) is 13.7. The lowest BCUT2D eigenvalue weighted by molar-refractivity contribution is 0.261. The highest BCUT2D eigenvalue weighted by Gasteiger charge is 2.20. The minimum Gasteiger partial charge on any atom is -0.344 e. The second-order valence-corrected chi connectivity index (χ2v) is 7.93. The van der Waals surface area contributed by atoms with Crippen molar-refractivity contribution in [1.29, 1.82) is 5.26 Å². The molecule has 1 aliphatic heterocycles. The van der Waals surface area contributed by atoms with Gasteiger partial charge in [0.25, 0.3) is 0 Å². The number of piperazine rings is 1. The number of anilines is 1. The van der Waals surface area contributed by atoms with Crippen molar-refractivity contribution >= 4 is 28.3 Å². The lowest BCUT2D eigenvalue weighted by Gasteiger charge is -2.34. The smallest absolute Gasteiger partial charge is 0.205 e. The lowest BCUT2D eigenvalue weighted by atomic mass is 10.1. The Hall–Kier alpha value is -2.46. The van der Waals surface area contributed by atoms with Gasteiger partial charge in [-0.25, -0.2) is 0 Å². The SMILES string of the molecule is N#Cc1ccccc1-c1nsc(N2CCN(CCc3ccc(Cl)cc3)CC2)n1. The van der Waals surface area contributed by atoms with E-state index in [1.54, 1.807) is 6.07 Å². The molecule has 0 atom stereocenters. The summed E-state index contributed by atoms with van der Waals surface area (Å²) in [6, 6.07) is 17.8. The number of aromatic nitrogens is 2. The number of benzene rings is 2. The van der Waals surface area contributed by atoms with Gasteiger partial charge < -0.3 is 4.90 Å². The summed E-state index contributed by atoms with van der Waals surface area (Å²) in [5, 5.41) is 11.0. The first-order valence-corrected chi connectivity index (χ1v) is 10.4. The lowest BCUT2D eigenvalue weighted by Crippen LogP contribution is -2.47. The standard InChI is InChI=1S/C21H20ClN5S/c22-18-7-5-16(6-8-18)9-10-26-11-13-27(14-12-26)21-24-20(25-28-21)19-4-2-1-3-17(19)15-23/h1-8H,9-14H2. The van der Waals surface area contributed by atoms with E-state index >= 15 is 0 Å². The fraction of sp³-hybridized carbons (Fsp3) is 0.286. The summed E-state index contributed by atoms with van der Waals surface area (Å²) in [6.07, 6.45) is 1.03. The molecular formula is C21H20ClN5S. The topological polar surface area (TPSA) is 56.1 Å². The summed E-state index contributed by atoms with van der Waals surface area (Å²) in [7, 11) is 0. The zero-order chi connectivity index (χ0) is 19.3. The van der Waals surface area contributed by atoms with Crippen LogP contribution in [-0.2, 0) is 6.42 Å². The van der Waals surface area contributed by atoms with Gasteiger partial charge in [-0.2, -0.15) is 14.6 Å². The van der Waals surface area contributed by atoms with Crippen LogP contribution in [0.4, 0.5) is 5.13 Å². The van der Waals surface area contributed by atoms with E-state index in [0.29, 0.717) is 11.4 Å². The molecule has 0 spiro atoms. The van der Waals surface area contributed by atoms with Crippen molar-refractivity contribution in [3.05, 3.63) is 64.7 Å². The molecule has 0 aliphatic carbocycles. The number of nitrogens with zero attached hydrogens (tertiary/aromatic N) is 5. The maximum absolute atomic E-state index is 9.29. The molecule has 0 amide bonds. The summed E-state index contributed by atoms with van der Waals surface area (Å²) >= 11 is 7.36. The van der Waals surface area contributed by atoms with Gasteiger partial charge in [0, 0.05) is 54.8 Å². The average molecular weight is 410 g/mol. The minimum absolute atomic E-state index is 0.610. The minimum atomic E-state index is 0.610. The molecule has 0 saturated carbocycles. The largest absolute Gasteiger partial charge is 0.344 e. The predicted molar refractivity (Wildman–Crippen MR) is 114 cm³/mol. The summed E-state index contributed by atoms with van der Waals surface area (Å²) in [6.45, 7) is 4.95. The normalized spacial score (nSPS) is 14.8. The van der Waals surface area contributed by atoms with Gasteiger partial charge in [0.15, 0.2) is 5.82 Å². The molecule has 4 rings (SSSR count). The number of hydrogen-bond acceptors (Lipinski definition) is 6. The molecule has 2 aromatic carbocycles. The summed E-state index contributed by atoms with van der Waals surface area (Å²) in [5.74, 6) is 0.641. The molecule has 3 aromatic rings. The Morgan fingerprint density at radius 3 is 2.54 bits per heavy atom. The molecule has 142 valence electrons. The van der Waals surface area contributed by atoms with E-state index in [2.05, 4.69) is 32.4 Å². The van der Waals surface area contributed by atoms with E-state index in [4.69, 9.17) is 16.6 Å². The van der Waals surface area contributed by atoms with Crippen LogP contribution in [-0.4, -0.2) is 47.0 Å². The highest BCUT2D eigenvalue weighted by molar-refractivity contribution is 7.09. The molecule has 1 aliphatic rings. The molecule has 28 heavy (non-hydrogen) atoms. The number of nitriles is 1. The Kier molecular flexibility index (Phi) is 5.87. The maximum Gasteiger partial charge on any atom is 0.205 e. The van der Waals surface area contributed by atoms with Gasteiger partial charge in [0.05, 0.1) is 11.6 Å². The van der Waals surface area contributed by atoms with Gasteiger partial charge in [0.1, 0.15) is 0 Å². The Morgan fingerprint density at radius 1 is 1.04 bits per heavy atom. The quantitative estimate of drug-likeness (QED) is 0.635. The van der Waals surface area contributed by atoms with Crippen LogP contribution in [0.3, 0.4) is 0 Å². The van der Waals surface area contributed by atoms with Gasteiger partial charge in [-0.1, -0.05) is 35.9 Å². The van der Waals surface area contributed by atoms with Crippen molar-refractivity contribution in [3.8, 4) is 17.5 Å². The van der Waals surface area contributed by atoms with Crippen molar-refractivity contribution in [3.63, 3.8) is 0 Å². The monoisotopic (exact) mass is 409 g/mol. The van der Waals surface area contributed by atoms with Crippen LogP contribution < -0.4 is 4.90 Å². The van der Waals surface area contributed by atoms with Gasteiger partial charge in [0.2, 0.25) is 5.13 Å². The van der Waals surface area contributed by atoms with Crippen molar-refractivity contribution in [1.82, 2.24) is 14.3 Å². The number of rotatable bonds is 5. The van der Waals surface area contributed by atoms with Gasteiger partial charge in [-0.3, -0.25) is 4.90 Å². The second kappa shape index (κ2) is 8.70. The third kappa shape index (κ3) is 4.33. The molecule has 0 N–H and O–H groups in total. The Morgan fingerprint density at radius 2 is 1.79 bits per heavy atom. The second-order valence-electron chi connectivity index (χ2n) is 6.76. The molecule has 7 heteroatoms. The molecule has 0 unspecified atom stereocenters. The summed E-state index contributed by atoms with van der Waals surface area (Å²) in [4.78, 5) is 9.46. The first kappa shape index (κ1) is 18.9.